The highest BCUT2D eigenvalue weighted by Gasteiger charge is 2.54. The van der Waals surface area contributed by atoms with Crippen molar-refractivity contribution in [2.45, 2.75) is 39.5 Å². The van der Waals surface area contributed by atoms with E-state index in [9.17, 15) is 19.2 Å². The third kappa shape index (κ3) is 2.95. The first-order chi connectivity index (χ1) is 10.3. The summed E-state index contributed by atoms with van der Waals surface area (Å²) in [6.45, 7) is 4.43. The zero-order chi connectivity index (χ0) is 16.5. The summed E-state index contributed by atoms with van der Waals surface area (Å²) in [6.07, 6.45) is 1.14. The van der Waals surface area contributed by atoms with E-state index in [1.165, 1.54) is 4.90 Å². The zero-order valence-corrected chi connectivity index (χ0v) is 12.5. The molecule has 2 saturated heterocycles. The summed E-state index contributed by atoms with van der Waals surface area (Å²) < 4.78 is 15.0. The van der Waals surface area contributed by atoms with Gasteiger partial charge in [-0.25, -0.2) is 4.79 Å². The molecule has 0 saturated carbocycles. The van der Waals surface area contributed by atoms with Crippen LogP contribution in [0.15, 0.2) is 11.8 Å². The Morgan fingerprint density at radius 1 is 1.36 bits per heavy atom. The molecule has 0 aromatic rings. The summed E-state index contributed by atoms with van der Waals surface area (Å²) in [5.74, 6) is -1.55. The number of hydrogen-bond donors (Lipinski definition) is 0. The summed E-state index contributed by atoms with van der Waals surface area (Å²) in [5.41, 5.74) is -0.718. The normalized spacial score (nSPS) is 25.1. The second kappa shape index (κ2) is 5.78. The lowest BCUT2D eigenvalue weighted by atomic mass is 9.98. The fourth-order valence-corrected chi connectivity index (χ4v) is 2.03. The van der Waals surface area contributed by atoms with Crippen molar-refractivity contribution in [3.8, 4) is 0 Å². The molecule has 2 rings (SSSR count). The van der Waals surface area contributed by atoms with Gasteiger partial charge in [0.05, 0.1) is 11.8 Å². The van der Waals surface area contributed by atoms with Crippen molar-refractivity contribution in [1.82, 2.24) is 4.90 Å². The molecule has 0 spiro atoms. The van der Waals surface area contributed by atoms with E-state index in [1.54, 1.807) is 20.8 Å². The highest BCUT2D eigenvalue weighted by molar-refractivity contribution is 5.92. The van der Waals surface area contributed by atoms with Crippen LogP contribution in [0.25, 0.3) is 0 Å². The van der Waals surface area contributed by atoms with Gasteiger partial charge in [-0.15, -0.1) is 0 Å². The van der Waals surface area contributed by atoms with Crippen LogP contribution in [0.5, 0.6) is 0 Å². The number of amides is 1. The van der Waals surface area contributed by atoms with Gasteiger partial charge in [0, 0.05) is 6.08 Å². The van der Waals surface area contributed by atoms with Gasteiger partial charge in [0.15, 0.2) is 12.3 Å². The molecule has 2 fully saturated rings. The van der Waals surface area contributed by atoms with Crippen LogP contribution in [-0.4, -0.2) is 48.1 Å². The number of nitrogens with zero attached hydrogens (tertiary/aromatic N) is 1. The number of fused-ring (bicyclic) bond motifs is 1. The van der Waals surface area contributed by atoms with Gasteiger partial charge in [-0.2, -0.15) is 0 Å². The molecule has 0 aliphatic carbocycles. The van der Waals surface area contributed by atoms with E-state index in [0.29, 0.717) is 6.29 Å². The summed E-state index contributed by atoms with van der Waals surface area (Å²) in [7, 11) is 0. The molecule has 0 aromatic carbocycles. The lowest BCUT2D eigenvalue weighted by Gasteiger charge is -2.33. The molecular formula is C14H17NO7. The number of hydrogen-bond acceptors (Lipinski definition) is 7. The van der Waals surface area contributed by atoms with Gasteiger partial charge in [-0.05, 0) is 20.8 Å². The quantitative estimate of drug-likeness (QED) is 0.239. The van der Waals surface area contributed by atoms with Crippen LogP contribution in [0.3, 0.4) is 0 Å². The third-order valence-corrected chi connectivity index (χ3v) is 3.23. The SMILES string of the molecule is CC(C)(C)C(=O)OCOC(=O)C1/C(=C/C=O)O[C@@H]2CC(=O)N12. The van der Waals surface area contributed by atoms with Gasteiger partial charge in [-0.3, -0.25) is 19.3 Å². The average Bonchev–Trinajstić information content (AvgIpc) is 2.70. The van der Waals surface area contributed by atoms with Gasteiger partial charge < -0.3 is 14.2 Å². The van der Waals surface area contributed by atoms with Gasteiger partial charge in [-0.1, -0.05) is 0 Å². The van der Waals surface area contributed by atoms with E-state index in [2.05, 4.69) is 0 Å². The van der Waals surface area contributed by atoms with Gasteiger partial charge in [0.2, 0.25) is 12.7 Å². The third-order valence-electron chi connectivity index (χ3n) is 3.23. The van der Waals surface area contributed by atoms with E-state index < -0.39 is 36.4 Å². The number of rotatable bonds is 4. The highest BCUT2D eigenvalue weighted by Crippen LogP contribution is 2.36. The molecule has 1 unspecified atom stereocenters. The molecule has 2 heterocycles. The Morgan fingerprint density at radius 3 is 2.59 bits per heavy atom. The summed E-state index contributed by atoms with van der Waals surface area (Å²) in [6, 6.07) is -1.11. The Labute approximate surface area is 127 Å². The minimum Gasteiger partial charge on any atom is -0.471 e. The summed E-state index contributed by atoms with van der Waals surface area (Å²) in [4.78, 5) is 46.9. The Balaban J connectivity index is 1.96. The molecule has 2 aliphatic heterocycles. The maximum absolute atomic E-state index is 12.1. The molecule has 0 N–H and O–H groups in total. The number of carbonyl (C=O) groups excluding carboxylic acids is 4. The molecule has 0 aromatic heterocycles. The second-order valence-electron chi connectivity index (χ2n) is 5.95. The lowest BCUT2D eigenvalue weighted by molar-refractivity contribution is -0.179. The molecule has 22 heavy (non-hydrogen) atoms. The predicted octanol–water partition coefficient (Wildman–Crippen LogP) is 0.116. The van der Waals surface area contributed by atoms with E-state index in [1.807, 2.05) is 0 Å². The van der Waals surface area contributed by atoms with E-state index >= 15 is 0 Å². The maximum atomic E-state index is 12.1. The van der Waals surface area contributed by atoms with E-state index in [4.69, 9.17) is 14.2 Å². The van der Waals surface area contributed by atoms with Gasteiger partial charge in [0.1, 0.15) is 12.0 Å². The number of β-lactam (4-membered cyclic amide) rings is 1. The smallest absolute Gasteiger partial charge is 0.339 e. The fraction of sp³-hybridized carbons (Fsp3) is 0.571. The summed E-state index contributed by atoms with van der Waals surface area (Å²) in [5, 5.41) is 0. The molecule has 8 nitrogen and oxygen atoms in total. The van der Waals surface area contributed by atoms with Crippen LogP contribution in [0.1, 0.15) is 27.2 Å². The van der Waals surface area contributed by atoms with Crippen molar-refractivity contribution in [2.24, 2.45) is 5.41 Å². The first kappa shape index (κ1) is 16.0. The largest absolute Gasteiger partial charge is 0.471 e. The Kier molecular flexibility index (Phi) is 4.20. The molecule has 2 aliphatic rings. The maximum Gasteiger partial charge on any atom is 0.339 e. The van der Waals surface area contributed by atoms with E-state index in [0.717, 1.165) is 6.08 Å². The molecule has 120 valence electrons. The van der Waals surface area contributed by atoms with Crippen molar-refractivity contribution in [3.05, 3.63) is 11.8 Å². The fourth-order valence-electron chi connectivity index (χ4n) is 2.03. The average molecular weight is 311 g/mol. The lowest BCUT2D eigenvalue weighted by Crippen LogP contribution is -2.55. The minimum atomic E-state index is -1.11. The van der Waals surface area contributed by atoms with Crippen LogP contribution in [-0.2, 0) is 33.4 Å². The van der Waals surface area contributed by atoms with Crippen LogP contribution < -0.4 is 0 Å². The first-order valence-electron chi connectivity index (χ1n) is 6.72. The van der Waals surface area contributed by atoms with Crippen molar-refractivity contribution in [3.63, 3.8) is 0 Å². The number of allylic oxidation sites excluding steroid dienone is 1. The standard InChI is InChI=1S/C14H17NO7/c1-14(2,3)13(19)21-7-20-12(18)11-8(4-5-16)22-10-6-9(17)15(10)11/h4-5,10-11H,6-7H2,1-3H3/b8-4-/t10-,11?/m1/s1. The Morgan fingerprint density at radius 2 is 2.05 bits per heavy atom. The van der Waals surface area contributed by atoms with Crippen LogP contribution >= 0.6 is 0 Å². The van der Waals surface area contributed by atoms with Gasteiger partial charge >= 0.3 is 11.9 Å². The van der Waals surface area contributed by atoms with Crippen molar-refractivity contribution >= 4 is 24.1 Å². The predicted molar refractivity (Wildman–Crippen MR) is 70.8 cm³/mol. The highest BCUT2D eigenvalue weighted by atomic mass is 16.7. The first-order valence-corrected chi connectivity index (χ1v) is 6.72. The van der Waals surface area contributed by atoms with Crippen LogP contribution in [0.2, 0.25) is 0 Å². The molecule has 0 radical (unpaired) electrons. The van der Waals surface area contributed by atoms with Crippen molar-refractivity contribution < 1.29 is 33.4 Å². The number of esters is 2. The monoisotopic (exact) mass is 311 g/mol. The number of aldehydes is 1. The van der Waals surface area contributed by atoms with E-state index in [-0.39, 0.29) is 18.1 Å². The zero-order valence-electron chi connectivity index (χ0n) is 12.5. The number of ether oxygens (including phenoxy) is 3. The summed E-state index contributed by atoms with van der Waals surface area (Å²) >= 11 is 0. The topological polar surface area (TPSA) is 99.2 Å². The molecular weight excluding hydrogens is 294 g/mol. The Hall–Kier alpha value is -2.38. The van der Waals surface area contributed by atoms with Crippen molar-refractivity contribution in [2.75, 3.05) is 6.79 Å². The molecule has 8 heteroatoms. The van der Waals surface area contributed by atoms with Crippen LogP contribution in [0, 0.1) is 5.41 Å². The molecule has 1 amide bonds. The second-order valence-corrected chi connectivity index (χ2v) is 5.95. The minimum absolute atomic E-state index is 0.0537. The number of carbonyl (C=O) groups is 4. The molecule has 2 atom stereocenters. The van der Waals surface area contributed by atoms with Gasteiger partial charge in [0.25, 0.3) is 0 Å². The van der Waals surface area contributed by atoms with Crippen LogP contribution in [0.4, 0.5) is 0 Å². The van der Waals surface area contributed by atoms with Crippen molar-refractivity contribution in [1.29, 1.82) is 0 Å². The molecule has 0 bridgehead atoms. The Bertz CT molecular complexity index is 546.